The van der Waals surface area contributed by atoms with E-state index in [4.69, 9.17) is 11.6 Å². The highest BCUT2D eigenvalue weighted by atomic mass is 16.2. The molecule has 0 aliphatic carbocycles. The average molecular weight is 283 g/mol. The summed E-state index contributed by atoms with van der Waals surface area (Å²) in [5, 5.41) is 5.42. The van der Waals surface area contributed by atoms with Crippen molar-refractivity contribution in [3.63, 3.8) is 0 Å². The Bertz CT molecular complexity index is 435. The molecule has 0 aliphatic heterocycles. The van der Waals surface area contributed by atoms with E-state index in [1.807, 2.05) is 18.7 Å². The largest absolute Gasteiger partial charge is 0.352 e. The SMILES string of the molecule is CCN(CC)c1nc(NN)nc(NCCNC(N)=O)n1. The van der Waals surface area contributed by atoms with Crippen LogP contribution in [0, 0.1) is 0 Å². The second-order valence-corrected chi connectivity index (χ2v) is 3.82. The third-order valence-electron chi connectivity index (χ3n) is 2.51. The van der Waals surface area contributed by atoms with Gasteiger partial charge in [0.25, 0.3) is 0 Å². The maximum Gasteiger partial charge on any atom is 0.312 e. The molecule has 7 N–H and O–H groups in total. The van der Waals surface area contributed by atoms with Gasteiger partial charge in [0.05, 0.1) is 0 Å². The number of rotatable bonds is 8. The zero-order chi connectivity index (χ0) is 15.0. The van der Waals surface area contributed by atoms with Crippen LogP contribution in [0.3, 0.4) is 0 Å². The monoisotopic (exact) mass is 283 g/mol. The molecule has 0 fully saturated rings. The molecule has 1 rings (SSSR count). The number of nitrogens with zero attached hydrogens (tertiary/aromatic N) is 4. The summed E-state index contributed by atoms with van der Waals surface area (Å²) in [6.45, 7) is 6.36. The van der Waals surface area contributed by atoms with Gasteiger partial charge in [0.2, 0.25) is 17.8 Å². The van der Waals surface area contributed by atoms with Gasteiger partial charge in [0, 0.05) is 26.2 Å². The first kappa shape index (κ1) is 15.7. The number of nitrogens with two attached hydrogens (primary N) is 2. The number of carbonyl (C=O) groups is 1. The summed E-state index contributed by atoms with van der Waals surface area (Å²) in [6, 6.07) is -0.574. The molecule has 0 aliphatic rings. The smallest absolute Gasteiger partial charge is 0.312 e. The highest BCUT2D eigenvalue weighted by Crippen LogP contribution is 2.12. The maximum atomic E-state index is 10.5. The number of anilines is 3. The van der Waals surface area contributed by atoms with Crippen molar-refractivity contribution in [3.8, 4) is 0 Å². The van der Waals surface area contributed by atoms with E-state index in [0.717, 1.165) is 13.1 Å². The van der Waals surface area contributed by atoms with Gasteiger partial charge in [0.15, 0.2) is 0 Å². The van der Waals surface area contributed by atoms with Crippen LogP contribution in [-0.4, -0.2) is 47.2 Å². The van der Waals surface area contributed by atoms with Crippen LogP contribution < -0.4 is 32.5 Å². The molecule has 112 valence electrons. The lowest BCUT2D eigenvalue weighted by Gasteiger charge is -2.19. The summed E-state index contributed by atoms with van der Waals surface area (Å²) in [6.07, 6.45) is 0. The van der Waals surface area contributed by atoms with E-state index in [0.29, 0.717) is 25.0 Å². The first-order valence-corrected chi connectivity index (χ1v) is 6.35. The first-order valence-electron chi connectivity index (χ1n) is 6.35. The van der Waals surface area contributed by atoms with Gasteiger partial charge in [-0.3, -0.25) is 5.43 Å². The normalized spacial score (nSPS) is 9.95. The van der Waals surface area contributed by atoms with Crippen LogP contribution in [0.2, 0.25) is 0 Å². The quantitative estimate of drug-likeness (QED) is 0.234. The standard InChI is InChI=1S/C10H21N9O/c1-3-19(4-2)10-16-8(15-9(17-10)18-12)14-6-5-13-7(11)20/h3-6,12H2,1-2H3,(H3,11,13,20)(H2,14,15,16,17,18). The van der Waals surface area contributed by atoms with E-state index in [-0.39, 0.29) is 5.95 Å². The van der Waals surface area contributed by atoms with Crippen LogP contribution in [0.15, 0.2) is 0 Å². The molecule has 0 atom stereocenters. The molecule has 20 heavy (non-hydrogen) atoms. The van der Waals surface area contributed by atoms with Crippen molar-refractivity contribution in [1.82, 2.24) is 20.3 Å². The van der Waals surface area contributed by atoms with Crippen molar-refractivity contribution in [2.75, 3.05) is 41.8 Å². The number of aromatic nitrogens is 3. The van der Waals surface area contributed by atoms with Gasteiger partial charge in [-0.1, -0.05) is 0 Å². The number of amides is 2. The molecular weight excluding hydrogens is 262 g/mol. The predicted octanol–water partition coefficient (Wildman–Crippen LogP) is -0.916. The van der Waals surface area contributed by atoms with E-state index < -0.39 is 6.03 Å². The molecule has 0 spiro atoms. The fourth-order valence-corrected chi connectivity index (χ4v) is 1.52. The van der Waals surface area contributed by atoms with E-state index >= 15 is 0 Å². The molecule has 0 bridgehead atoms. The molecule has 0 radical (unpaired) electrons. The third-order valence-corrected chi connectivity index (χ3v) is 2.51. The summed E-state index contributed by atoms with van der Waals surface area (Å²) in [4.78, 5) is 25.1. The van der Waals surface area contributed by atoms with Gasteiger partial charge in [-0.15, -0.1) is 0 Å². The molecule has 0 unspecified atom stereocenters. The number of hydrogen-bond acceptors (Lipinski definition) is 8. The fraction of sp³-hybridized carbons (Fsp3) is 0.600. The van der Waals surface area contributed by atoms with Gasteiger partial charge in [-0.2, -0.15) is 15.0 Å². The van der Waals surface area contributed by atoms with Gasteiger partial charge in [-0.25, -0.2) is 10.6 Å². The molecular formula is C10H21N9O. The highest BCUT2D eigenvalue weighted by Gasteiger charge is 2.10. The lowest BCUT2D eigenvalue weighted by Crippen LogP contribution is -2.33. The second-order valence-electron chi connectivity index (χ2n) is 3.82. The third kappa shape index (κ3) is 4.72. The lowest BCUT2D eigenvalue weighted by atomic mass is 10.5. The van der Waals surface area contributed by atoms with Crippen molar-refractivity contribution < 1.29 is 4.79 Å². The van der Waals surface area contributed by atoms with Gasteiger partial charge in [0.1, 0.15) is 0 Å². The summed E-state index contributed by atoms with van der Waals surface area (Å²) in [5.41, 5.74) is 7.37. The topological polar surface area (TPSA) is 147 Å². The Labute approximate surface area is 117 Å². The number of hydrazine groups is 1. The summed E-state index contributed by atoms with van der Waals surface area (Å²) in [5.74, 6) is 6.52. The zero-order valence-electron chi connectivity index (χ0n) is 11.7. The fourth-order valence-electron chi connectivity index (χ4n) is 1.52. The van der Waals surface area contributed by atoms with Gasteiger partial charge < -0.3 is 21.3 Å². The van der Waals surface area contributed by atoms with Crippen LogP contribution in [0.25, 0.3) is 0 Å². The van der Waals surface area contributed by atoms with Crippen LogP contribution in [0.5, 0.6) is 0 Å². The van der Waals surface area contributed by atoms with Crippen LogP contribution >= 0.6 is 0 Å². The van der Waals surface area contributed by atoms with E-state index in [1.54, 1.807) is 0 Å². The van der Waals surface area contributed by atoms with Crippen LogP contribution in [-0.2, 0) is 0 Å². The minimum Gasteiger partial charge on any atom is -0.352 e. The molecule has 10 nitrogen and oxygen atoms in total. The average Bonchev–Trinajstić information content (AvgIpc) is 2.44. The zero-order valence-corrected chi connectivity index (χ0v) is 11.7. The highest BCUT2D eigenvalue weighted by molar-refractivity contribution is 5.71. The van der Waals surface area contributed by atoms with Gasteiger partial charge >= 0.3 is 6.03 Å². The Kier molecular flexibility index (Phi) is 6.23. The Morgan fingerprint density at radius 1 is 1.15 bits per heavy atom. The number of carbonyl (C=O) groups excluding carboxylic acids is 1. The molecule has 1 aromatic rings. The Morgan fingerprint density at radius 3 is 2.35 bits per heavy atom. The van der Waals surface area contributed by atoms with Crippen molar-refractivity contribution in [3.05, 3.63) is 0 Å². The molecule has 10 heteroatoms. The predicted molar refractivity (Wildman–Crippen MR) is 77.3 cm³/mol. The Morgan fingerprint density at radius 2 is 1.80 bits per heavy atom. The van der Waals surface area contributed by atoms with E-state index in [2.05, 4.69) is 31.0 Å². The molecule has 0 saturated carbocycles. The minimum atomic E-state index is -0.574. The van der Waals surface area contributed by atoms with E-state index in [9.17, 15) is 4.79 Å². The number of primary amides is 1. The number of hydrogen-bond donors (Lipinski definition) is 5. The number of nitrogen functional groups attached to an aromatic ring is 1. The molecule has 1 heterocycles. The van der Waals surface area contributed by atoms with Crippen molar-refractivity contribution in [2.45, 2.75) is 13.8 Å². The van der Waals surface area contributed by atoms with E-state index in [1.165, 1.54) is 0 Å². The summed E-state index contributed by atoms with van der Waals surface area (Å²) in [7, 11) is 0. The molecule has 1 aromatic heterocycles. The van der Waals surface area contributed by atoms with Crippen molar-refractivity contribution >= 4 is 23.9 Å². The van der Waals surface area contributed by atoms with Crippen molar-refractivity contribution in [2.24, 2.45) is 11.6 Å². The molecule has 0 aromatic carbocycles. The Balaban J connectivity index is 2.74. The lowest BCUT2D eigenvalue weighted by molar-refractivity contribution is 0.249. The molecule has 2 amide bonds. The summed E-state index contributed by atoms with van der Waals surface area (Å²) >= 11 is 0. The van der Waals surface area contributed by atoms with Gasteiger partial charge in [-0.05, 0) is 13.8 Å². The maximum absolute atomic E-state index is 10.5. The minimum absolute atomic E-state index is 0.271. The summed E-state index contributed by atoms with van der Waals surface area (Å²) < 4.78 is 0. The second kappa shape index (κ2) is 7.94. The van der Waals surface area contributed by atoms with Crippen LogP contribution in [0.1, 0.15) is 13.8 Å². The number of urea groups is 1. The Hall–Kier alpha value is -2.36. The van der Waals surface area contributed by atoms with Crippen LogP contribution in [0.4, 0.5) is 22.6 Å². The number of nitrogens with one attached hydrogen (secondary N) is 3. The molecule has 0 saturated heterocycles. The van der Waals surface area contributed by atoms with Crippen molar-refractivity contribution in [1.29, 1.82) is 0 Å². The first-order chi connectivity index (χ1) is 9.60.